The van der Waals surface area contributed by atoms with Crippen molar-refractivity contribution in [3.05, 3.63) is 29.5 Å². The molecule has 96 valence electrons. The maximum atomic E-state index is 11.1. The maximum Gasteiger partial charge on any atom is 0.339 e. The van der Waals surface area contributed by atoms with Gasteiger partial charge in [0, 0.05) is 6.20 Å². The van der Waals surface area contributed by atoms with E-state index in [4.69, 9.17) is 5.11 Å². The normalized spacial score (nSPS) is 11.1. The third kappa shape index (κ3) is 1.76. The van der Waals surface area contributed by atoms with Gasteiger partial charge in [0.1, 0.15) is 16.7 Å². The van der Waals surface area contributed by atoms with E-state index in [1.807, 2.05) is 6.92 Å². The van der Waals surface area contributed by atoms with E-state index in [1.165, 1.54) is 28.7 Å². The second-order valence-electron chi connectivity index (χ2n) is 4.02. The first-order valence-corrected chi connectivity index (χ1v) is 6.22. The number of hydrogen-bond donors (Lipinski definition) is 1. The largest absolute Gasteiger partial charge is 0.478 e. The van der Waals surface area contributed by atoms with Gasteiger partial charge in [0.05, 0.1) is 16.8 Å². The molecule has 0 unspecified atom stereocenters. The maximum absolute atomic E-state index is 11.1. The van der Waals surface area contributed by atoms with E-state index in [1.54, 1.807) is 6.92 Å². The third-order valence-corrected chi connectivity index (χ3v) is 3.62. The van der Waals surface area contributed by atoms with Gasteiger partial charge in [0.15, 0.2) is 5.82 Å². The summed E-state index contributed by atoms with van der Waals surface area (Å²) in [5.41, 5.74) is 1.41. The number of aromatic carboxylic acids is 1. The van der Waals surface area contributed by atoms with Gasteiger partial charge in [0.2, 0.25) is 0 Å². The molecule has 7 nitrogen and oxygen atoms in total. The Bertz CT molecular complexity index is 792. The molecule has 0 fully saturated rings. The average Bonchev–Trinajstić information content (AvgIpc) is 2.93. The highest BCUT2D eigenvalue weighted by Crippen LogP contribution is 2.25. The van der Waals surface area contributed by atoms with Gasteiger partial charge >= 0.3 is 5.97 Å². The minimum absolute atomic E-state index is 0.160. The van der Waals surface area contributed by atoms with Gasteiger partial charge in [-0.15, -0.1) is 0 Å². The standard InChI is InChI=1S/C11H9N5O2S/c1-5-7(11(17)18)3-16(14-5)9-8-6(2)15-19-10(8)13-4-12-9/h3-4H,1-2H3,(H,17,18). The lowest BCUT2D eigenvalue weighted by Gasteiger charge is -2.01. The molecule has 0 saturated heterocycles. The molecule has 0 atom stereocenters. The Hall–Kier alpha value is -2.35. The first kappa shape index (κ1) is 11.7. The molecular formula is C11H9N5O2S. The van der Waals surface area contributed by atoms with Crippen LogP contribution in [0.2, 0.25) is 0 Å². The number of hydrogen-bond acceptors (Lipinski definition) is 6. The summed E-state index contributed by atoms with van der Waals surface area (Å²) in [5, 5.41) is 14.1. The predicted octanol–water partition coefficient (Wildman–Crippen LogP) is 1.59. The molecule has 3 aromatic heterocycles. The fourth-order valence-electron chi connectivity index (χ4n) is 1.86. The summed E-state index contributed by atoms with van der Waals surface area (Å²) in [6.45, 7) is 3.51. The van der Waals surface area contributed by atoms with E-state index < -0.39 is 5.97 Å². The lowest BCUT2D eigenvalue weighted by molar-refractivity contribution is 0.0696. The van der Waals surface area contributed by atoms with Crippen LogP contribution in [-0.4, -0.2) is 35.2 Å². The van der Waals surface area contributed by atoms with Crippen LogP contribution in [0.5, 0.6) is 0 Å². The second-order valence-corrected chi connectivity index (χ2v) is 4.78. The summed E-state index contributed by atoms with van der Waals surface area (Å²) >= 11 is 1.28. The van der Waals surface area contributed by atoms with Crippen molar-refractivity contribution in [1.29, 1.82) is 0 Å². The first-order valence-electron chi connectivity index (χ1n) is 5.45. The van der Waals surface area contributed by atoms with Crippen LogP contribution in [0.4, 0.5) is 0 Å². The van der Waals surface area contributed by atoms with Crippen LogP contribution in [0.3, 0.4) is 0 Å². The van der Waals surface area contributed by atoms with Crippen molar-refractivity contribution in [3.63, 3.8) is 0 Å². The highest BCUT2D eigenvalue weighted by Gasteiger charge is 2.17. The van der Waals surface area contributed by atoms with Gasteiger partial charge in [-0.3, -0.25) is 0 Å². The van der Waals surface area contributed by atoms with Gasteiger partial charge < -0.3 is 5.11 Å². The number of rotatable bonds is 2. The Morgan fingerprint density at radius 2 is 2.11 bits per heavy atom. The topological polar surface area (TPSA) is 93.8 Å². The lowest BCUT2D eigenvalue weighted by Crippen LogP contribution is -2.00. The number of carboxylic acid groups (broad SMARTS) is 1. The molecular weight excluding hydrogens is 266 g/mol. The van der Waals surface area contributed by atoms with Crippen LogP contribution in [-0.2, 0) is 0 Å². The van der Waals surface area contributed by atoms with E-state index in [0.717, 1.165) is 15.9 Å². The molecule has 3 rings (SSSR count). The lowest BCUT2D eigenvalue weighted by atomic mass is 10.3. The minimum Gasteiger partial charge on any atom is -0.478 e. The van der Waals surface area contributed by atoms with E-state index in [2.05, 4.69) is 19.4 Å². The Morgan fingerprint density at radius 3 is 2.79 bits per heavy atom. The van der Waals surface area contributed by atoms with E-state index >= 15 is 0 Å². The van der Waals surface area contributed by atoms with Crippen LogP contribution in [0.1, 0.15) is 21.7 Å². The molecule has 0 amide bonds. The quantitative estimate of drug-likeness (QED) is 0.763. The molecule has 1 N–H and O–H groups in total. The molecule has 0 aliphatic rings. The molecule has 0 bridgehead atoms. The molecule has 0 aliphatic carbocycles. The Kier molecular flexibility index (Phi) is 2.53. The fourth-order valence-corrected chi connectivity index (χ4v) is 2.60. The van der Waals surface area contributed by atoms with Gasteiger partial charge in [-0.2, -0.15) is 9.47 Å². The van der Waals surface area contributed by atoms with Gasteiger partial charge in [0.25, 0.3) is 0 Å². The molecule has 0 saturated carbocycles. The minimum atomic E-state index is -1.01. The summed E-state index contributed by atoms with van der Waals surface area (Å²) in [6.07, 6.45) is 2.88. The highest BCUT2D eigenvalue weighted by atomic mass is 32.1. The molecule has 0 aromatic carbocycles. The number of carboxylic acids is 1. The predicted molar refractivity (Wildman–Crippen MR) is 68.8 cm³/mol. The fraction of sp³-hybridized carbons (Fsp3) is 0.182. The van der Waals surface area contributed by atoms with Crippen molar-refractivity contribution in [2.75, 3.05) is 0 Å². The van der Waals surface area contributed by atoms with Crippen molar-refractivity contribution in [2.45, 2.75) is 13.8 Å². The Balaban J connectivity index is 2.27. The number of nitrogens with zero attached hydrogens (tertiary/aromatic N) is 5. The number of aryl methyl sites for hydroxylation is 2. The van der Waals surface area contributed by atoms with Gasteiger partial charge in [-0.05, 0) is 25.4 Å². The zero-order chi connectivity index (χ0) is 13.6. The van der Waals surface area contributed by atoms with Crippen molar-refractivity contribution < 1.29 is 9.90 Å². The first-order chi connectivity index (χ1) is 9.08. The Morgan fingerprint density at radius 1 is 1.32 bits per heavy atom. The van der Waals surface area contributed by atoms with E-state index in [9.17, 15) is 4.79 Å². The van der Waals surface area contributed by atoms with E-state index in [0.29, 0.717) is 11.5 Å². The Labute approximate surface area is 111 Å². The molecule has 0 radical (unpaired) electrons. The van der Waals surface area contributed by atoms with Gasteiger partial charge in [-0.25, -0.2) is 19.4 Å². The SMILES string of the molecule is Cc1nn(-c2ncnc3snc(C)c23)cc1C(=O)O. The van der Waals surface area contributed by atoms with Crippen LogP contribution < -0.4 is 0 Å². The number of aromatic nitrogens is 5. The third-order valence-electron chi connectivity index (χ3n) is 2.77. The average molecular weight is 275 g/mol. The van der Waals surface area contributed by atoms with Crippen LogP contribution >= 0.6 is 11.5 Å². The van der Waals surface area contributed by atoms with Crippen LogP contribution in [0, 0.1) is 13.8 Å². The molecule has 3 heterocycles. The van der Waals surface area contributed by atoms with Crippen LogP contribution in [0.15, 0.2) is 12.5 Å². The molecule has 19 heavy (non-hydrogen) atoms. The molecule has 0 aliphatic heterocycles. The van der Waals surface area contributed by atoms with Crippen molar-refractivity contribution in [1.82, 2.24) is 24.1 Å². The smallest absolute Gasteiger partial charge is 0.339 e. The molecule has 8 heteroatoms. The second kappa shape index (κ2) is 4.09. The summed E-state index contributed by atoms with van der Waals surface area (Å²) in [6, 6.07) is 0. The number of carbonyl (C=O) groups is 1. The van der Waals surface area contributed by atoms with Gasteiger partial charge in [-0.1, -0.05) is 0 Å². The summed E-state index contributed by atoms with van der Waals surface area (Å²) < 4.78 is 5.69. The highest BCUT2D eigenvalue weighted by molar-refractivity contribution is 7.13. The van der Waals surface area contributed by atoms with Crippen molar-refractivity contribution in [2.24, 2.45) is 0 Å². The summed E-state index contributed by atoms with van der Waals surface area (Å²) in [5.74, 6) is -0.457. The number of fused-ring (bicyclic) bond motifs is 1. The zero-order valence-electron chi connectivity index (χ0n) is 10.2. The van der Waals surface area contributed by atoms with Crippen molar-refractivity contribution >= 4 is 27.7 Å². The van der Waals surface area contributed by atoms with Crippen molar-refractivity contribution in [3.8, 4) is 5.82 Å². The monoisotopic (exact) mass is 275 g/mol. The van der Waals surface area contributed by atoms with E-state index in [-0.39, 0.29) is 5.56 Å². The summed E-state index contributed by atoms with van der Waals surface area (Å²) in [4.78, 5) is 20.1. The molecule has 3 aromatic rings. The van der Waals surface area contributed by atoms with Crippen LogP contribution in [0.25, 0.3) is 16.0 Å². The molecule has 0 spiro atoms. The zero-order valence-corrected chi connectivity index (χ0v) is 11.0. The summed E-state index contributed by atoms with van der Waals surface area (Å²) in [7, 11) is 0.